The number of fused-ring (bicyclic) bond motifs is 3. The van der Waals surface area contributed by atoms with Gasteiger partial charge in [0.15, 0.2) is 0 Å². The van der Waals surface area contributed by atoms with Crippen molar-refractivity contribution >= 4 is 33.2 Å². The molecule has 0 bridgehead atoms. The van der Waals surface area contributed by atoms with Gasteiger partial charge in [-0.3, -0.25) is 9.36 Å². The molecule has 1 aromatic carbocycles. The van der Waals surface area contributed by atoms with Crippen LogP contribution in [0.25, 0.3) is 10.2 Å². The van der Waals surface area contributed by atoms with E-state index in [-0.39, 0.29) is 5.56 Å². The highest BCUT2D eigenvalue weighted by atomic mass is 32.1. The quantitative estimate of drug-likeness (QED) is 0.639. The van der Waals surface area contributed by atoms with Crippen molar-refractivity contribution in [1.29, 1.82) is 0 Å². The molecule has 1 saturated heterocycles. The first-order valence-corrected chi connectivity index (χ1v) is 11.7. The fraction of sp³-hybridized carbons (Fsp3) is 0.478. The minimum absolute atomic E-state index is 0.143. The first kappa shape index (κ1) is 19.4. The average molecular weight is 425 g/mol. The highest BCUT2D eigenvalue weighted by molar-refractivity contribution is 7.18. The molecule has 0 atom stereocenters. The predicted octanol–water partition coefficient (Wildman–Crippen LogP) is 3.69. The van der Waals surface area contributed by atoms with Crippen molar-refractivity contribution in [2.45, 2.75) is 39.2 Å². The monoisotopic (exact) mass is 424 g/mol. The minimum Gasteiger partial charge on any atom is -0.495 e. The molecule has 0 amide bonds. The van der Waals surface area contributed by atoms with Gasteiger partial charge in [-0.15, -0.1) is 11.3 Å². The molecular weight excluding hydrogens is 396 g/mol. The molecule has 3 aromatic rings. The van der Waals surface area contributed by atoms with E-state index in [9.17, 15) is 4.79 Å². The van der Waals surface area contributed by atoms with E-state index in [1.807, 2.05) is 29.7 Å². The number of methoxy groups -OCH3 is 1. The van der Waals surface area contributed by atoms with Crippen LogP contribution >= 0.6 is 11.3 Å². The van der Waals surface area contributed by atoms with Crippen LogP contribution < -0.4 is 20.1 Å². The Morgan fingerprint density at radius 2 is 1.80 bits per heavy atom. The minimum atomic E-state index is 0.143. The zero-order valence-electron chi connectivity index (χ0n) is 17.7. The van der Waals surface area contributed by atoms with Gasteiger partial charge in [-0.2, -0.15) is 0 Å². The van der Waals surface area contributed by atoms with Crippen LogP contribution in [-0.2, 0) is 19.4 Å². The van der Waals surface area contributed by atoms with Gasteiger partial charge in [-0.05, 0) is 50.3 Å². The molecule has 0 spiro atoms. The third-order valence-corrected chi connectivity index (χ3v) is 7.54. The molecule has 3 heterocycles. The van der Waals surface area contributed by atoms with Crippen molar-refractivity contribution in [3.05, 3.63) is 45.1 Å². The van der Waals surface area contributed by atoms with Gasteiger partial charge < -0.3 is 14.5 Å². The van der Waals surface area contributed by atoms with Crippen LogP contribution in [0.4, 0.5) is 11.6 Å². The van der Waals surface area contributed by atoms with Gasteiger partial charge in [0, 0.05) is 37.6 Å². The number of hydrogen-bond donors (Lipinski definition) is 0. The van der Waals surface area contributed by atoms with Crippen LogP contribution in [0.15, 0.2) is 29.1 Å². The summed E-state index contributed by atoms with van der Waals surface area (Å²) in [7, 11) is 1.72. The number of para-hydroxylation sites is 2. The Balaban J connectivity index is 1.46. The van der Waals surface area contributed by atoms with Gasteiger partial charge in [0.25, 0.3) is 5.56 Å². The standard InChI is InChI=1S/C23H28N4O2S/c1-3-27-22(28)20-16-8-4-7-11-19(16)30-21(20)24-23(27)26-14-12-25(13-15-26)17-9-5-6-10-18(17)29-2/h5-6,9-10H,3-4,7-8,11-15H2,1-2H3. The van der Waals surface area contributed by atoms with Crippen LogP contribution in [0.5, 0.6) is 5.75 Å². The highest BCUT2D eigenvalue weighted by Crippen LogP contribution is 2.35. The van der Waals surface area contributed by atoms with E-state index in [0.29, 0.717) is 6.54 Å². The van der Waals surface area contributed by atoms with Crippen LogP contribution in [0.3, 0.4) is 0 Å². The Labute approximate surface area is 180 Å². The molecule has 6 nitrogen and oxygen atoms in total. The lowest BCUT2D eigenvalue weighted by molar-refractivity contribution is 0.413. The largest absolute Gasteiger partial charge is 0.495 e. The van der Waals surface area contributed by atoms with Crippen LogP contribution in [-0.4, -0.2) is 42.8 Å². The van der Waals surface area contributed by atoms with Gasteiger partial charge in [0.1, 0.15) is 10.6 Å². The molecule has 5 rings (SSSR count). The van der Waals surface area contributed by atoms with E-state index in [2.05, 4.69) is 15.9 Å². The summed E-state index contributed by atoms with van der Waals surface area (Å²) in [5.74, 6) is 1.73. The van der Waals surface area contributed by atoms with Gasteiger partial charge >= 0.3 is 0 Å². The van der Waals surface area contributed by atoms with E-state index < -0.39 is 0 Å². The third kappa shape index (κ3) is 3.16. The van der Waals surface area contributed by atoms with Gasteiger partial charge in [-0.1, -0.05) is 12.1 Å². The van der Waals surface area contributed by atoms with E-state index in [0.717, 1.165) is 66.6 Å². The number of aryl methyl sites for hydroxylation is 2. The fourth-order valence-corrected chi connectivity index (χ4v) is 6.04. The number of benzene rings is 1. The molecule has 1 aliphatic heterocycles. The maximum atomic E-state index is 13.4. The molecule has 2 aromatic heterocycles. The normalized spacial score (nSPS) is 16.7. The van der Waals surface area contributed by atoms with E-state index in [1.54, 1.807) is 18.4 Å². The summed E-state index contributed by atoms with van der Waals surface area (Å²) in [5, 5.41) is 0.882. The molecule has 1 fully saturated rings. The van der Waals surface area contributed by atoms with Crippen molar-refractivity contribution in [3.63, 3.8) is 0 Å². The summed E-state index contributed by atoms with van der Waals surface area (Å²) >= 11 is 1.74. The van der Waals surface area contributed by atoms with Gasteiger partial charge in [0.05, 0.1) is 18.2 Å². The molecular formula is C23H28N4O2S. The maximum Gasteiger partial charge on any atom is 0.263 e. The van der Waals surface area contributed by atoms with E-state index in [1.165, 1.54) is 23.3 Å². The molecule has 0 saturated carbocycles. The Bertz CT molecular complexity index is 1130. The summed E-state index contributed by atoms with van der Waals surface area (Å²) in [6.45, 7) is 6.11. The third-order valence-electron chi connectivity index (χ3n) is 6.36. The number of rotatable bonds is 4. The van der Waals surface area contributed by atoms with E-state index >= 15 is 0 Å². The Morgan fingerprint density at radius 1 is 1.07 bits per heavy atom. The summed E-state index contributed by atoms with van der Waals surface area (Å²) in [6.07, 6.45) is 4.51. The molecule has 2 aliphatic rings. The Morgan fingerprint density at radius 3 is 2.57 bits per heavy atom. The lowest BCUT2D eigenvalue weighted by Crippen LogP contribution is -2.48. The fourth-order valence-electron chi connectivity index (χ4n) is 4.79. The molecule has 1 aliphatic carbocycles. The Hall–Kier alpha value is -2.54. The maximum absolute atomic E-state index is 13.4. The second-order valence-electron chi connectivity index (χ2n) is 8.00. The summed E-state index contributed by atoms with van der Waals surface area (Å²) in [5.41, 5.74) is 2.54. The molecule has 30 heavy (non-hydrogen) atoms. The number of hydrogen-bond acceptors (Lipinski definition) is 6. The second kappa shape index (κ2) is 7.95. The van der Waals surface area contributed by atoms with E-state index in [4.69, 9.17) is 9.72 Å². The van der Waals surface area contributed by atoms with Crippen molar-refractivity contribution in [2.24, 2.45) is 0 Å². The SMILES string of the molecule is CCn1c(N2CCN(c3ccccc3OC)CC2)nc2sc3c(c2c1=O)CCCC3. The van der Waals surface area contributed by atoms with Crippen LogP contribution in [0.2, 0.25) is 0 Å². The first-order chi connectivity index (χ1) is 14.7. The Kier molecular flexibility index (Phi) is 5.15. The van der Waals surface area contributed by atoms with Gasteiger partial charge in [0.2, 0.25) is 5.95 Å². The van der Waals surface area contributed by atoms with Crippen molar-refractivity contribution < 1.29 is 4.74 Å². The van der Waals surface area contributed by atoms with Crippen molar-refractivity contribution in [1.82, 2.24) is 9.55 Å². The number of aromatic nitrogens is 2. The smallest absolute Gasteiger partial charge is 0.263 e. The average Bonchev–Trinajstić information content (AvgIpc) is 3.18. The summed E-state index contributed by atoms with van der Waals surface area (Å²) in [4.78, 5) is 25.4. The lowest BCUT2D eigenvalue weighted by Gasteiger charge is -2.37. The number of thiophene rings is 1. The molecule has 0 unspecified atom stereocenters. The van der Waals surface area contributed by atoms with Crippen molar-refractivity contribution in [3.8, 4) is 5.75 Å². The molecule has 0 radical (unpaired) electrons. The lowest BCUT2D eigenvalue weighted by atomic mass is 9.97. The second-order valence-corrected chi connectivity index (χ2v) is 9.08. The van der Waals surface area contributed by atoms with Crippen LogP contribution in [0, 0.1) is 0 Å². The predicted molar refractivity (Wildman–Crippen MR) is 124 cm³/mol. The molecule has 7 heteroatoms. The number of anilines is 2. The highest BCUT2D eigenvalue weighted by Gasteiger charge is 2.26. The van der Waals surface area contributed by atoms with Crippen molar-refractivity contribution in [2.75, 3.05) is 43.1 Å². The van der Waals surface area contributed by atoms with Gasteiger partial charge in [-0.25, -0.2) is 4.98 Å². The summed E-state index contributed by atoms with van der Waals surface area (Å²) in [6, 6.07) is 8.16. The topological polar surface area (TPSA) is 50.6 Å². The number of piperazine rings is 1. The first-order valence-electron chi connectivity index (χ1n) is 10.9. The zero-order chi connectivity index (χ0) is 20.7. The number of nitrogens with zero attached hydrogens (tertiary/aromatic N) is 4. The number of ether oxygens (including phenoxy) is 1. The summed E-state index contributed by atoms with van der Waals surface area (Å²) < 4.78 is 7.42. The van der Waals surface area contributed by atoms with Crippen LogP contribution in [0.1, 0.15) is 30.2 Å². The molecule has 0 N–H and O–H groups in total. The molecule has 158 valence electrons. The zero-order valence-corrected chi connectivity index (χ0v) is 18.5.